The molecule has 0 aromatic rings. The van der Waals surface area contributed by atoms with Crippen LogP contribution in [0.3, 0.4) is 0 Å². The number of allylic oxidation sites excluding steroid dienone is 2. The summed E-state index contributed by atoms with van der Waals surface area (Å²) in [5.74, 6) is 2.23. The fourth-order valence-electron chi connectivity index (χ4n) is 3.11. The van der Waals surface area contributed by atoms with Gasteiger partial charge < -0.3 is 4.74 Å². The lowest BCUT2D eigenvalue weighted by Crippen LogP contribution is -2.20. The van der Waals surface area contributed by atoms with E-state index in [2.05, 4.69) is 12.5 Å². The summed E-state index contributed by atoms with van der Waals surface area (Å²) in [6.07, 6.45) is 7.14. The Kier molecular flexibility index (Phi) is 3.60. The quantitative estimate of drug-likeness (QED) is 0.449. The molecule has 0 radical (unpaired) electrons. The lowest BCUT2D eigenvalue weighted by molar-refractivity contribution is -0.150. The monoisotopic (exact) mass is 272 g/mol. The van der Waals surface area contributed by atoms with Crippen molar-refractivity contribution in [3.8, 4) is 12.3 Å². The van der Waals surface area contributed by atoms with E-state index < -0.39 is 6.10 Å². The Balaban J connectivity index is 2.06. The fourth-order valence-corrected chi connectivity index (χ4v) is 3.11. The van der Waals surface area contributed by atoms with Crippen LogP contribution in [0.5, 0.6) is 0 Å². The van der Waals surface area contributed by atoms with Crippen LogP contribution < -0.4 is 0 Å². The molecule has 20 heavy (non-hydrogen) atoms. The zero-order valence-corrected chi connectivity index (χ0v) is 12.2. The van der Waals surface area contributed by atoms with Gasteiger partial charge in [-0.15, -0.1) is 18.9 Å². The van der Waals surface area contributed by atoms with Crippen LogP contribution >= 0.6 is 0 Å². The average molecular weight is 272 g/mol. The van der Waals surface area contributed by atoms with E-state index in [-0.39, 0.29) is 35.4 Å². The van der Waals surface area contributed by atoms with Gasteiger partial charge >= 0.3 is 5.97 Å². The maximum Gasteiger partial charge on any atom is 0.310 e. The van der Waals surface area contributed by atoms with Gasteiger partial charge in [-0.3, -0.25) is 9.59 Å². The van der Waals surface area contributed by atoms with Gasteiger partial charge in [0, 0.05) is 12.0 Å². The van der Waals surface area contributed by atoms with Crippen LogP contribution in [0.2, 0.25) is 0 Å². The minimum absolute atomic E-state index is 0.00595. The fraction of sp³-hybridized carbons (Fsp3) is 0.529. The molecule has 0 bridgehead atoms. The van der Waals surface area contributed by atoms with Crippen molar-refractivity contribution in [3.05, 3.63) is 23.8 Å². The topological polar surface area (TPSA) is 43.4 Å². The van der Waals surface area contributed by atoms with Gasteiger partial charge in [0.15, 0.2) is 5.78 Å². The molecule has 0 spiro atoms. The second-order valence-corrected chi connectivity index (χ2v) is 6.16. The van der Waals surface area contributed by atoms with E-state index in [9.17, 15) is 9.59 Å². The molecule has 0 heterocycles. The standard InChI is InChI=1S/C17H20O3/c1-6-8-11-10(3)14(9-13(11)18)20-16(19)15-12(7-2)17(15,4)5/h1,7,12,14-15H,2,8-9H2,3-5H3/t12-,14+,15+/m1/s1. The van der Waals surface area contributed by atoms with Gasteiger partial charge in [-0.25, -0.2) is 0 Å². The highest BCUT2D eigenvalue weighted by Gasteiger charge is 2.61. The second-order valence-electron chi connectivity index (χ2n) is 6.16. The van der Waals surface area contributed by atoms with Crippen molar-refractivity contribution in [2.45, 2.75) is 39.7 Å². The zero-order chi connectivity index (χ0) is 15.1. The Morgan fingerprint density at radius 1 is 1.60 bits per heavy atom. The number of carbonyl (C=O) groups excluding carboxylic acids is 2. The van der Waals surface area contributed by atoms with Gasteiger partial charge in [0.1, 0.15) is 6.10 Å². The second kappa shape index (κ2) is 4.94. The van der Waals surface area contributed by atoms with Crippen LogP contribution in [0.4, 0.5) is 0 Å². The number of ether oxygens (including phenoxy) is 1. The molecule has 0 unspecified atom stereocenters. The lowest BCUT2D eigenvalue weighted by Gasteiger charge is -2.13. The minimum atomic E-state index is -0.444. The van der Waals surface area contributed by atoms with Crippen LogP contribution in [-0.4, -0.2) is 17.9 Å². The maximum absolute atomic E-state index is 12.2. The molecular weight excluding hydrogens is 252 g/mol. The minimum Gasteiger partial charge on any atom is -0.457 e. The zero-order valence-electron chi connectivity index (χ0n) is 12.2. The summed E-state index contributed by atoms with van der Waals surface area (Å²) >= 11 is 0. The van der Waals surface area contributed by atoms with Gasteiger partial charge in [-0.05, 0) is 23.8 Å². The van der Waals surface area contributed by atoms with Gasteiger partial charge in [0.05, 0.1) is 12.3 Å². The number of rotatable bonds is 4. The summed E-state index contributed by atoms with van der Waals surface area (Å²) in [5, 5.41) is 0. The van der Waals surface area contributed by atoms with E-state index >= 15 is 0 Å². The largest absolute Gasteiger partial charge is 0.457 e. The molecule has 2 aliphatic rings. The van der Waals surface area contributed by atoms with E-state index in [4.69, 9.17) is 11.2 Å². The van der Waals surface area contributed by atoms with Crippen LogP contribution in [-0.2, 0) is 14.3 Å². The first-order valence-electron chi connectivity index (χ1n) is 6.84. The van der Waals surface area contributed by atoms with Crippen molar-refractivity contribution in [3.63, 3.8) is 0 Å². The molecule has 0 aromatic heterocycles. The summed E-state index contributed by atoms with van der Waals surface area (Å²) in [6, 6.07) is 0. The number of hydrogen-bond donors (Lipinski definition) is 0. The Bertz CT molecular complexity index is 545. The number of hydrogen-bond acceptors (Lipinski definition) is 3. The third-order valence-corrected chi connectivity index (χ3v) is 4.62. The first-order chi connectivity index (χ1) is 9.34. The lowest BCUT2D eigenvalue weighted by atomic mass is 10.1. The molecule has 3 heteroatoms. The molecule has 1 fully saturated rings. The Hall–Kier alpha value is -1.82. The van der Waals surface area contributed by atoms with Crippen LogP contribution in [0.25, 0.3) is 0 Å². The maximum atomic E-state index is 12.2. The van der Waals surface area contributed by atoms with Gasteiger partial charge in [0.25, 0.3) is 0 Å². The van der Waals surface area contributed by atoms with E-state index in [0.29, 0.717) is 12.0 Å². The first kappa shape index (κ1) is 14.6. The summed E-state index contributed by atoms with van der Waals surface area (Å²) in [4.78, 5) is 24.1. The van der Waals surface area contributed by atoms with Crippen molar-refractivity contribution in [1.82, 2.24) is 0 Å². The van der Waals surface area contributed by atoms with Crippen molar-refractivity contribution in [2.75, 3.05) is 0 Å². The Morgan fingerprint density at radius 2 is 2.25 bits per heavy atom. The Morgan fingerprint density at radius 3 is 2.75 bits per heavy atom. The SMILES string of the molecule is C#CCC1=C(C)[C@@H](OC(=O)[C@@H]2[C@@H](C=C)C2(C)C)CC1=O. The predicted octanol–water partition coefficient (Wildman–Crippen LogP) is 2.67. The smallest absolute Gasteiger partial charge is 0.310 e. The summed E-state index contributed by atoms with van der Waals surface area (Å²) in [5.41, 5.74) is 1.33. The van der Waals surface area contributed by atoms with Crippen molar-refractivity contribution < 1.29 is 14.3 Å². The molecule has 0 amide bonds. The summed E-state index contributed by atoms with van der Waals surface area (Å²) in [7, 11) is 0. The molecule has 2 aliphatic carbocycles. The number of carbonyl (C=O) groups is 2. The van der Waals surface area contributed by atoms with E-state index in [1.165, 1.54) is 0 Å². The predicted molar refractivity (Wildman–Crippen MR) is 76.6 cm³/mol. The summed E-state index contributed by atoms with van der Waals surface area (Å²) < 4.78 is 5.53. The third kappa shape index (κ3) is 2.20. The van der Waals surface area contributed by atoms with Crippen LogP contribution in [0.15, 0.2) is 23.8 Å². The number of terminal acetylenes is 1. The van der Waals surface area contributed by atoms with Crippen molar-refractivity contribution >= 4 is 11.8 Å². The highest BCUT2D eigenvalue weighted by Crippen LogP contribution is 2.59. The first-order valence-corrected chi connectivity index (χ1v) is 6.84. The molecule has 1 saturated carbocycles. The summed E-state index contributed by atoms with van der Waals surface area (Å²) in [6.45, 7) is 9.62. The van der Waals surface area contributed by atoms with Crippen LogP contribution in [0.1, 0.15) is 33.6 Å². The van der Waals surface area contributed by atoms with E-state index in [1.807, 2.05) is 20.8 Å². The average Bonchev–Trinajstić information content (AvgIpc) is 2.85. The molecule has 0 saturated heterocycles. The number of Topliss-reactive ketones (excluding diaryl/α,β-unsaturated/α-hetero) is 1. The molecule has 0 aliphatic heterocycles. The normalized spacial score (nSPS) is 30.9. The third-order valence-electron chi connectivity index (χ3n) is 4.62. The van der Waals surface area contributed by atoms with Gasteiger partial charge in [-0.2, -0.15) is 0 Å². The van der Waals surface area contributed by atoms with Crippen molar-refractivity contribution in [2.24, 2.45) is 17.3 Å². The van der Waals surface area contributed by atoms with Gasteiger partial charge in [0.2, 0.25) is 0 Å². The highest BCUT2D eigenvalue weighted by molar-refractivity contribution is 6.00. The molecule has 2 rings (SSSR count). The molecule has 106 valence electrons. The number of esters is 1. The highest BCUT2D eigenvalue weighted by atomic mass is 16.5. The van der Waals surface area contributed by atoms with E-state index in [0.717, 1.165) is 5.57 Å². The molecule has 3 nitrogen and oxygen atoms in total. The van der Waals surface area contributed by atoms with Crippen molar-refractivity contribution in [1.29, 1.82) is 0 Å². The molecule has 3 atom stereocenters. The number of ketones is 1. The molecular formula is C17H20O3. The van der Waals surface area contributed by atoms with Gasteiger partial charge in [-0.1, -0.05) is 19.9 Å². The van der Waals surface area contributed by atoms with Crippen LogP contribution in [0, 0.1) is 29.6 Å². The van der Waals surface area contributed by atoms with E-state index in [1.54, 1.807) is 6.08 Å². The molecule has 0 N–H and O–H groups in total. The molecule has 0 aromatic carbocycles. The Labute approximate surface area is 120 Å².